The molecule has 0 saturated carbocycles. The van der Waals surface area contributed by atoms with E-state index in [1.54, 1.807) is 4.90 Å². The van der Waals surface area contributed by atoms with Crippen LogP contribution in [0.4, 0.5) is 4.39 Å². The maximum Gasteiger partial charge on any atom is 0.219 e. The lowest BCUT2D eigenvalue weighted by Crippen LogP contribution is -2.39. The first kappa shape index (κ1) is 11.4. The number of hydrogen-bond acceptors (Lipinski definition) is 1. The van der Waals surface area contributed by atoms with Gasteiger partial charge >= 0.3 is 0 Å². The van der Waals surface area contributed by atoms with Crippen molar-refractivity contribution in [2.24, 2.45) is 0 Å². The van der Waals surface area contributed by atoms with Crippen LogP contribution >= 0.6 is 0 Å². The maximum absolute atomic E-state index is 12.6. The van der Waals surface area contributed by atoms with Crippen LogP contribution in [0.5, 0.6) is 0 Å². The highest BCUT2D eigenvalue weighted by atomic mass is 19.1. The molecule has 0 radical (unpaired) electrons. The molecule has 0 N–H and O–H groups in total. The van der Waals surface area contributed by atoms with E-state index in [0.717, 1.165) is 13.0 Å². The third-order valence-corrected chi connectivity index (χ3v) is 1.81. The smallest absolute Gasteiger partial charge is 0.219 e. The van der Waals surface area contributed by atoms with E-state index in [4.69, 9.17) is 0 Å². The fraction of sp³-hybridized carbons (Fsp3) is 0.889. The fourth-order valence-corrected chi connectivity index (χ4v) is 1.21. The van der Waals surface area contributed by atoms with Crippen LogP contribution in [0.25, 0.3) is 0 Å². The van der Waals surface area contributed by atoms with Crippen LogP contribution in [0.2, 0.25) is 0 Å². The molecule has 0 bridgehead atoms. The Balaban J connectivity index is 0.000000561. The number of likely N-dealkylation sites (tertiary alicyclic amines) is 1. The van der Waals surface area contributed by atoms with Gasteiger partial charge in [0.1, 0.15) is 6.17 Å². The number of alkyl halides is 1. The summed E-state index contributed by atoms with van der Waals surface area (Å²) in [6, 6.07) is 0. The highest BCUT2D eigenvalue weighted by Crippen LogP contribution is 2.12. The Kier molecular flexibility index (Phi) is 5.68. The van der Waals surface area contributed by atoms with E-state index >= 15 is 0 Å². The quantitative estimate of drug-likeness (QED) is 0.551. The molecule has 1 saturated heterocycles. The molecule has 0 aromatic rings. The molecule has 1 aliphatic heterocycles. The summed E-state index contributed by atoms with van der Waals surface area (Å²) in [5, 5.41) is 0. The molecule has 1 unspecified atom stereocenters. The van der Waals surface area contributed by atoms with E-state index in [2.05, 4.69) is 0 Å². The number of halogens is 1. The van der Waals surface area contributed by atoms with Crippen molar-refractivity contribution in [3.05, 3.63) is 0 Å². The van der Waals surface area contributed by atoms with Crippen LogP contribution in [0, 0.1) is 0 Å². The summed E-state index contributed by atoms with van der Waals surface area (Å²) in [7, 11) is 0. The van der Waals surface area contributed by atoms with Crippen molar-refractivity contribution in [3.8, 4) is 0 Å². The average Bonchev–Trinajstić information content (AvgIpc) is 2.08. The van der Waals surface area contributed by atoms with Gasteiger partial charge in [-0.05, 0) is 12.8 Å². The second kappa shape index (κ2) is 5.98. The molecule has 1 fully saturated rings. The molecule has 0 aromatic heterocycles. The molecule has 3 heteroatoms. The summed E-state index contributed by atoms with van der Waals surface area (Å²) in [6.45, 7) is 6.52. The molecule has 1 heterocycles. The van der Waals surface area contributed by atoms with Gasteiger partial charge in [0.05, 0.1) is 6.54 Å². The van der Waals surface area contributed by atoms with Crippen molar-refractivity contribution >= 4 is 5.91 Å². The van der Waals surface area contributed by atoms with Gasteiger partial charge in [-0.1, -0.05) is 13.8 Å². The standard InChI is InChI=1S/C7H12FNO.C2H6/c1-6(10)9-4-2-3-7(8)5-9;1-2/h7H,2-5H2,1H3;1-2H3. The van der Waals surface area contributed by atoms with Crippen LogP contribution in [-0.4, -0.2) is 30.1 Å². The van der Waals surface area contributed by atoms with Crippen molar-refractivity contribution in [2.75, 3.05) is 13.1 Å². The van der Waals surface area contributed by atoms with E-state index in [9.17, 15) is 9.18 Å². The Labute approximate surface area is 73.7 Å². The molecule has 2 nitrogen and oxygen atoms in total. The Bertz CT molecular complexity index is 138. The number of nitrogens with zero attached hydrogens (tertiary/aromatic N) is 1. The van der Waals surface area contributed by atoms with Crippen LogP contribution in [0.15, 0.2) is 0 Å². The van der Waals surface area contributed by atoms with Gasteiger partial charge in [-0.2, -0.15) is 0 Å². The highest BCUT2D eigenvalue weighted by molar-refractivity contribution is 5.73. The van der Waals surface area contributed by atoms with Gasteiger partial charge in [0, 0.05) is 13.5 Å². The predicted molar refractivity (Wildman–Crippen MR) is 47.7 cm³/mol. The average molecular weight is 175 g/mol. The molecule has 1 amide bonds. The molecular weight excluding hydrogens is 157 g/mol. The van der Waals surface area contributed by atoms with Gasteiger partial charge in [-0.3, -0.25) is 4.79 Å². The van der Waals surface area contributed by atoms with Crippen molar-refractivity contribution in [1.29, 1.82) is 0 Å². The summed E-state index contributed by atoms with van der Waals surface area (Å²) in [5.41, 5.74) is 0. The third-order valence-electron chi connectivity index (χ3n) is 1.81. The summed E-state index contributed by atoms with van der Waals surface area (Å²) in [4.78, 5) is 12.3. The SMILES string of the molecule is CC.CC(=O)N1CCCC(F)C1. The van der Waals surface area contributed by atoms with Gasteiger partial charge in [0.25, 0.3) is 0 Å². The minimum atomic E-state index is -0.794. The van der Waals surface area contributed by atoms with Crippen molar-refractivity contribution in [1.82, 2.24) is 4.90 Å². The van der Waals surface area contributed by atoms with E-state index in [0.29, 0.717) is 13.0 Å². The number of piperidine rings is 1. The monoisotopic (exact) mass is 175 g/mol. The van der Waals surface area contributed by atoms with E-state index in [-0.39, 0.29) is 5.91 Å². The molecule has 0 spiro atoms. The molecule has 0 aromatic carbocycles. The second-order valence-corrected chi connectivity index (χ2v) is 2.70. The summed E-state index contributed by atoms with van der Waals surface area (Å²) in [6.07, 6.45) is 0.627. The first-order valence-electron chi connectivity index (χ1n) is 4.59. The van der Waals surface area contributed by atoms with Crippen LogP contribution < -0.4 is 0 Å². The Hall–Kier alpha value is -0.600. The molecule has 1 rings (SSSR count). The fourth-order valence-electron chi connectivity index (χ4n) is 1.21. The lowest BCUT2D eigenvalue weighted by atomic mass is 10.1. The van der Waals surface area contributed by atoms with Crippen LogP contribution in [-0.2, 0) is 4.79 Å². The largest absolute Gasteiger partial charge is 0.340 e. The van der Waals surface area contributed by atoms with E-state index < -0.39 is 6.17 Å². The zero-order valence-electron chi connectivity index (χ0n) is 8.14. The molecule has 1 atom stereocenters. The minimum Gasteiger partial charge on any atom is -0.340 e. The maximum atomic E-state index is 12.6. The predicted octanol–water partition coefficient (Wildman–Crippen LogP) is 1.99. The number of hydrogen-bond donors (Lipinski definition) is 0. The summed E-state index contributed by atoms with van der Waals surface area (Å²) < 4.78 is 12.6. The molecule has 72 valence electrons. The Morgan fingerprint density at radius 1 is 1.50 bits per heavy atom. The molecular formula is C9H18FNO. The Morgan fingerprint density at radius 3 is 2.42 bits per heavy atom. The second-order valence-electron chi connectivity index (χ2n) is 2.70. The minimum absolute atomic E-state index is 0.0117. The Morgan fingerprint density at radius 2 is 2.08 bits per heavy atom. The zero-order valence-corrected chi connectivity index (χ0v) is 8.14. The van der Waals surface area contributed by atoms with Crippen LogP contribution in [0.3, 0.4) is 0 Å². The van der Waals surface area contributed by atoms with Crippen molar-refractivity contribution < 1.29 is 9.18 Å². The van der Waals surface area contributed by atoms with E-state index in [1.165, 1.54) is 6.92 Å². The van der Waals surface area contributed by atoms with Crippen LogP contribution in [0.1, 0.15) is 33.6 Å². The van der Waals surface area contributed by atoms with E-state index in [1.807, 2.05) is 13.8 Å². The first-order valence-corrected chi connectivity index (χ1v) is 4.59. The zero-order chi connectivity index (χ0) is 9.56. The summed E-state index contributed by atoms with van der Waals surface area (Å²) >= 11 is 0. The molecule has 1 aliphatic rings. The highest BCUT2D eigenvalue weighted by Gasteiger charge is 2.20. The van der Waals surface area contributed by atoms with Crippen molar-refractivity contribution in [2.45, 2.75) is 39.8 Å². The van der Waals surface area contributed by atoms with Gasteiger partial charge in [-0.25, -0.2) is 4.39 Å². The summed E-state index contributed by atoms with van der Waals surface area (Å²) in [5.74, 6) is -0.0117. The number of carbonyl (C=O) groups is 1. The normalized spacial score (nSPS) is 22.7. The van der Waals surface area contributed by atoms with Gasteiger partial charge < -0.3 is 4.90 Å². The third kappa shape index (κ3) is 3.69. The lowest BCUT2D eigenvalue weighted by Gasteiger charge is -2.27. The van der Waals surface area contributed by atoms with Gasteiger partial charge in [-0.15, -0.1) is 0 Å². The number of carbonyl (C=O) groups excluding carboxylic acids is 1. The molecule has 12 heavy (non-hydrogen) atoms. The van der Waals surface area contributed by atoms with Crippen molar-refractivity contribution in [3.63, 3.8) is 0 Å². The molecule has 0 aliphatic carbocycles. The topological polar surface area (TPSA) is 20.3 Å². The number of rotatable bonds is 0. The van der Waals surface area contributed by atoms with Gasteiger partial charge in [0.15, 0.2) is 0 Å². The first-order chi connectivity index (χ1) is 5.70. The lowest BCUT2D eigenvalue weighted by molar-refractivity contribution is -0.130. The number of amides is 1. The van der Waals surface area contributed by atoms with Gasteiger partial charge in [0.2, 0.25) is 5.91 Å².